The molecule has 4 heteroatoms. The van der Waals surface area contributed by atoms with E-state index in [0.717, 1.165) is 18.2 Å². The van der Waals surface area contributed by atoms with E-state index in [1.807, 2.05) is 19.3 Å². The standard InChI is InChI=1S/C12H20N4/c1-13-9-12-14-8-7-11(16-12)15-10-5-3-2-4-6-10/h7-8,10,13H,2-6,9H2,1H3,(H,14,15,16). The first-order valence-electron chi connectivity index (χ1n) is 6.11. The van der Waals surface area contributed by atoms with Gasteiger partial charge in [0.05, 0.1) is 6.54 Å². The molecule has 1 fully saturated rings. The summed E-state index contributed by atoms with van der Waals surface area (Å²) in [5.74, 6) is 1.82. The van der Waals surface area contributed by atoms with Gasteiger partial charge in [-0.15, -0.1) is 0 Å². The third-order valence-corrected chi connectivity index (χ3v) is 3.00. The van der Waals surface area contributed by atoms with E-state index in [9.17, 15) is 0 Å². The summed E-state index contributed by atoms with van der Waals surface area (Å²) >= 11 is 0. The van der Waals surface area contributed by atoms with Crippen LogP contribution in [0.1, 0.15) is 37.9 Å². The minimum absolute atomic E-state index is 0.603. The Labute approximate surface area is 96.9 Å². The molecule has 0 spiro atoms. The Morgan fingerprint density at radius 2 is 2.12 bits per heavy atom. The van der Waals surface area contributed by atoms with Crippen LogP contribution in [-0.4, -0.2) is 23.1 Å². The Kier molecular flexibility index (Phi) is 4.10. The normalized spacial score (nSPS) is 17.3. The molecule has 88 valence electrons. The third-order valence-electron chi connectivity index (χ3n) is 3.00. The van der Waals surface area contributed by atoms with Crippen LogP contribution in [0.4, 0.5) is 5.82 Å². The molecule has 0 bridgehead atoms. The molecule has 2 rings (SSSR count). The molecular weight excluding hydrogens is 200 g/mol. The van der Waals surface area contributed by atoms with Crippen LogP contribution in [0, 0.1) is 0 Å². The summed E-state index contributed by atoms with van der Waals surface area (Å²) in [5.41, 5.74) is 0. The Balaban J connectivity index is 1.94. The van der Waals surface area contributed by atoms with Gasteiger partial charge in [-0.3, -0.25) is 0 Å². The highest BCUT2D eigenvalue weighted by Gasteiger charge is 2.13. The predicted octanol–water partition coefficient (Wildman–Crippen LogP) is 1.94. The summed E-state index contributed by atoms with van der Waals surface area (Å²) in [6.45, 7) is 0.722. The molecule has 1 aromatic heterocycles. The average Bonchev–Trinajstić information content (AvgIpc) is 2.31. The minimum atomic E-state index is 0.603. The lowest BCUT2D eigenvalue weighted by Gasteiger charge is -2.23. The Morgan fingerprint density at radius 1 is 1.31 bits per heavy atom. The number of anilines is 1. The van der Waals surface area contributed by atoms with Gasteiger partial charge in [0.15, 0.2) is 0 Å². The number of rotatable bonds is 4. The van der Waals surface area contributed by atoms with Crippen molar-refractivity contribution in [2.75, 3.05) is 12.4 Å². The van der Waals surface area contributed by atoms with Crippen molar-refractivity contribution in [1.82, 2.24) is 15.3 Å². The largest absolute Gasteiger partial charge is 0.367 e. The maximum atomic E-state index is 4.47. The fourth-order valence-corrected chi connectivity index (χ4v) is 2.18. The number of hydrogen-bond acceptors (Lipinski definition) is 4. The van der Waals surface area contributed by atoms with Crippen molar-refractivity contribution in [1.29, 1.82) is 0 Å². The first kappa shape index (κ1) is 11.3. The second-order valence-electron chi connectivity index (χ2n) is 4.37. The lowest BCUT2D eigenvalue weighted by Crippen LogP contribution is -2.23. The molecular formula is C12H20N4. The zero-order valence-corrected chi connectivity index (χ0v) is 9.87. The van der Waals surface area contributed by atoms with Gasteiger partial charge in [0.1, 0.15) is 11.6 Å². The summed E-state index contributed by atoms with van der Waals surface area (Å²) in [6.07, 6.45) is 8.42. The van der Waals surface area contributed by atoms with Gasteiger partial charge in [-0.2, -0.15) is 0 Å². The molecule has 0 aliphatic heterocycles. The van der Waals surface area contributed by atoms with Gasteiger partial charge in [-0.1, -0.05) is 19.3 Å². The van der Waals surface area contributed by atoms with Crippen molar-refractivity contribution in [3.63, 3.8) is 0 Å². The first-order valence-corrected chi connectivity index (χ1v) is 6.11. The number of nitrogens with one attached hydrogen (secondary N) is 2. The third kappa shape index (κ3) is 3.17. The Bertz CT molecular complexity index is 321. The summed E-state index contributed by atoms with van der Waals surface area (Å²) in [7, 11) is 1.91. The van der Waals surface area contributed by atoms with Crippen LogP contribution in [-0.2, 0) is 6.54 Å². The molecule has 16 heavy (non-hydrogen) atoms. The predicted molar refractivity (Wildman–Crippen MR) is 65.3 cm³/mol. The second-order valence-corrected chi connectivity index (χ2v) is 4.37. The molecule has 4 nitrogen and oxygen atoms in total. The highest BCUT2D eigenvalue weighted by molar-refractivity contribution is 5.34. The van der Waals surface area contributed by atoms with Crippen LogP contribution in [0.3, 0.4) is 0 Å². The first-order chi connectivity index (χ1) is 7.88. The molecule has 1 saturated carbocycles. The van der Waals surface area contributed by atoms with Crippen molar-refractivity contribution < 1.29 is 0 Å². The molecule has 1 heterocycles. The summed E-state index contributed by atoms with van der Waals surface area (Å²) in [5, 5.41) is 6.56. The van der Waals surface area contributed by atoms with Crippen molar-refractivity contribution >= 4 is 5.82 Å². The number of nitrogens with zero attached hydrogens (tertiary/aromatic N) is 2. The van der Waals surface area contributed by atoms with Crippen LogP contribution in [0.5, 0.6) is 0 Å². The van der Waals surface area contributed by atoms with Crippen LogP contribution < -0.4 is 10.6 Å². The van der Waals surface area contributed by atoms with E-state index in [1.165, 1.54) is 32.1 Å². The van der Waals surface area contributed by atoms with Crippen LogP contribution >= 0.6 is 0 Å². The van der Waals surface area contributed by atoms with E-state index in [0.29, 0.717) is 6.04 Å². The lowest BCUT2D eigenvalue weighted by molar-refractivity contribution is 0.461. The maximum absolute atomic E-state index is 4.47. The van der Waals surface area contributed by atoms with E-state index in [-0.39, 0.29) is 0 Å². The van der Waals surface area contributed by atoms with Gasteiger partial charge in [0.25, 0.3) is 0 Å². The van der Waals surface area contributed by atoms with Crippen molar-refractivity contribution in [3.8, 4) is 0 Å². The molecule has 0 radical (unpaired) electrons. The number of aromatic nitrogens is 2. The smallest absolute Gasteiger partial charge is 0.144 e. The SMILES string of the molecule is CNCc1nccc(NC2CCCCC2)n1. The second kappa shape index (κ2) is 5.80. The van der Waals surface area contributed by atoms with Crippen molar-refractivity contribution in [3.05, 3.63) is 18.1 Å². The highest BCUT2D eigenvalue weighted by atomic mass is 15.1. The zero-order chi connectivity index (χ0) is 11.2. The highest BCUT2D eigenvalue weighted by Crippen LogP contribution is 2.20. The van der Waals surface area contributed by atoms with E-state index < -0.39 is 0 Å². The summed E-state index contributed by atoms with van der Waals surface area (Å²) < 4.78 is 0. The maximum Gasteiger partial charge on any atom is 0.144 e. The lowest BCUT2D eigenvalue weighted by atomic mass is 9.95. The van der Waals surface area contributed by atoms with E-state index >= 15 is 0 Å². The van der Waals surface area contributed by atoms with Crippen LogP contribution in [0.15, 0.2) is 12.3 Å². The van der Waals surface area contributed by atoms with Crippen molar-refractivity contribution in [2.45, 2.75) is 44.7 Å². The summed E-state index contributed by atoms with van der Waals surface area (Å²) in [6, 6.07) is 2.56. The van der Waals surface area contributed by atoms with Crippen LogP contribution in [0.25, 0.3) is 0 Å². The van der Waals surface area contributed by atoms with Gasteiger partial charge in [0, 0.05) is 12.2 Å². The van der Waals surface area contributed by atoms with E-state index in [4.69, 9.17) is 0 Å². The van der Waals surface area contributed by atoms with Gasteiger partial charge in [-0.05, 0) is 26.0 Å². The monoisotopic (exact) mass is 220 g/mol. The molecule has 0 unspecified atom stereocenters. The molecule has 0 saturated heterocycles. The molecule has 0 aromatic carbocycles. The Hall–Kier alpha value is -1.16. The molecule has 2 N–H and O–H groups in total. The molecule has 0 amide bonds. The van der Waals surface area contributed by atoms with E-state index in [2.05, 4.69) is 20.6 Å². The van der Waals surface area contributed by atoms with E-state index in [1.54, 1.807) is 0 Å². The zero-order valence-electron chi connectivity index (χ0n) is 9.87. The molecule has 1 aliphatic rings. The fraction of sp³-hybridized carbons (Fsp3) is 0.667. The molecule has 1 aromatic rings. The van der Waals surface area contributed by atoms with Crippen molar-refractivity contribution in [2.24, 2.45) is 0 Å². The minimum Gasteiger partial charge on any atom is -0.367 e. The number of hydrogen-bond donors (Lipinski definition) is 2. The molecule has 0 atom stereocenters. The average molecular weight is 220 g/mol. The topological polar surface area (TPSA) is 49.8 Å². The van der Waals surface area contributed by atoms with Crippen LogP contribution in [0.2, 0.25) is 0 Å². The molecule has 1 aliphatic carbocycles. The quantitative estimate of drug-likeness (QED) is 0.814. The van der Waals surface area contributed by atoms with Gasteiger partial charge < -0.3 is 10.6 Å². The van der Waals surface area contributed by atoms with Gasteiger partial charge in [0.2, 0.25) is 0 Å². The summed E-state index contributed by atoms with van der Waals surface area (Å²) in [4.78, 5) is 8.68. The Morgan fingerprint density at radius 3 is 2.88 bits per heavy atom. The van der Waals surface area contributed by atoms with Gasteiger partial charge >= 0.3 is 0 Å². The van der Waals surface area contributed by atoms with Gasteiger partial charge in [-0.25, -0.2) is 9.97 Å². The fourth-order valence-electron chi connectivity index (χ4n) is 2.18.